The summed E-state index contributed by atoms with van der Waals surface area (Å²) in [6.07, 6.45) is 2.72. The molecule has 3 aromatic rings. The summed E-state index contributed by atoms with van der Waals surface area (Å²) >= 11 is 6.28. The standard InChI is InChI=1S/C20H15ClO5/c21-16-8-19-18(24-10-25-19)6-11(16)9-23-12-4-5-14-13-2-1-3-15(13)20(22)26-17(14)7-12/h4-8H,1-3,9-10H2. The van der Waals surface area contributed by atoms with Gasteiger partial charge in [0.2, 0.25) is 6.79 Å². The van der Waals surface area contributed by atoms with E-state index in [2.05, 4.69) is 0 Å². The molecule has 0 fully saturated rings. The van der Waals surface area contributed by atoms with Crippen LogP contribution in [0.25, 0.3) is 11.0 Å². The fourth-order valence-corrected chi connectivity index (χ4v) is 3.79. The number of halogens is 1. The second-order valence-electron chi connectivity index (χ2n) is 6.44. The lowest BCUT2D eigenvalue weighted by Gasteiger charge is -2.10. The molecule has 1 aromatic heterocycles. The minimum atomic E-state index is -0.235. The van der Waals surface area contributed by atoms with Crippen molar-refractivity contribution in [3.05, 3.63) is 62.5 Å². The van der Waals surface area contributed by atoms with E-state index >= 15 is 0 Å². The summed E-state index contributed by atoms with van der Waals surface area (Å²) in [4.78, 5) is 12.1. The van der Waals surface area contributed by atoms with Crippen molar-refractivity contribution < 1.29 is 18.6 Å². The molecule has 0 bridgehead atoms. The number of benzene rings is 2. The van der Waals surface area contributed by atoms with E-state index in [0.717, 1.165) is 41.3 Å². The van der Waals surface area contributed by atoms with Crippen molar-refractivity contribution in [3.63, 3.8) is 0 Å². The van der Waals surface area contributed by atoms with E-state index in [1.54, 1.807) is 12.1 Å². The molecule has 0 amide bonds. The van der Waals surface area contributed by atoms with Crippen molar-refractivity contribution in [2.75, 3.05) is 6.79 Å². The van der Waals surface area contributed by atoms with Gasteiger partial charge in [0, 0.05) is 28.6 Å². The Labute approximate surface area is 154 Å². The Morgan fingerprint density at radius 1 is 1.04 bits per heavy atom. The predicted octanol–water partition coefficient (Wildman–Crippen LogP) is 4.24. The molecular weight excluding hydrogens is 356 g/mol. The largest absolute Gasteiger partial charge is 0.489 e. The van der Waals surface area contributed by atoms with Gasteiger partial charge in [-0.05, 0) is 43.0 Å². The average molecular weight is 371 g/mol. The molecule has 0 atom stereocenters. The van der Waals surface area contributed by atoms with Gasteiger partial charge < -0.3 is 18.6 Å². The monoisotopic (exact) mass is 370 g/mol. The van der Waals surface area contributed by atoms with Gasteiger partial charge in [0.15, 0.2) is 11.5 Å². The van der Waals surface area contributed by atoms with Crippen LogP contribution in [0.2, 0.25) is 5.02 Å². The van der Waals surface area contributed by atoms with Crippen LogP contribution < -0.4 is 19.8 Å². The first-order valence-corrected chi connectivity index (χ1v) is 8.86. The third-order valence-electron chi connectivity index (χ3n) is 4.88. The number of rotatable bonds is 3. The maximum absolute atomic E-state index is 12.1. The molecule has 1 aliphatic carbocycles. The highest BCUT2D eigenvalue weighted by molar-refractivity contribution is 6.31. The molecule has 5 nitrogen and oxygen atoms in total. The number of ether oxygens (including phenoxy) is 3. The minimum Gasteiger partial charge on any atom is -0.489 e. The van der Waals surface area contributed by atoms with E-state index in [1.165, 1.54) is 0 Å². The molecule has 5 rings (SSSR count). The fraction of sp³-hybridized carbons (Fsp3) is 0.250. The highest BCUT2D eigenvalue weighted by Crippen LogP contribution is 2.37. The molecule has 2 aliphatic rings. The Balaban J connectivity index is 1.44. The molecule has 0 N–H and O–H groups in total. The van der Waals surface area contributed by atoms with Crippen molar-refractivity contribution in [2.24, 2.45) is 0 Å². The topological polar surface area (TPSA) is 57.9 Å². The number of aryl methyl sites for hydroxylation is 1. The quantitative estimate of drug-likeness (QED) is 0.645. The number of fused-ring (bicyclic) bond motifs is 4. The van der Waals surface area contributed by atoms with E-state index in [1.807, 2.05) is 18.2 Å². The zero-order valence-electron chi connectivity index (χ0n) is 13.8. The van der Waals surface area contributed by atoms with Gasteiger partial charge in [0.05, 0.1) is 5.02 Å². The van der Waals surface area contributed by atoms with Crippen molar-refractivity contribution in [2.45, 2.75) is 25.9 Å². The Morgan fingerprint density at radius 2 is 1.85 bits per heavy atom. The second kappa shape index (κ2) is 5.95. The van der Waals surface area contributed by atoms with Crippen molar-refractivity contribution >= 4 is 22.6 Å². The van der Waals surface area contributed by atoms with Crippen molar-refractivity contribution in [1.29, 1.82) is 0 Å². The van der Waals surface area contributed by atoms with Gasteiger partial charge in [-0.1, -0.05) is 11.6 Å². The first-order valence-electron chi connectivity index (χ1n) is 8.48. The van der Waals surface area contributed by atoms with E-state index < -0.39 is 0 Å². The maximum Gasteiger partial charge on any atom is 0.339 e. The van der Waals surface area contributed by atoms with Gasteiger partial charge in [-0.15, -0.1) is 0 Å². The SMILES string of the molecule is O=c1oc2cc(OCc3cc4c(cc3Cl)OCO4)ccc2c2c1CCC2. The van der Waals surface area contributed by atoms with Gasteiger partial charge >= 0.3 is 5.63 Å². The molecule has 0 radical (unpaired) electrons. The van der Waals surface area contributed by atoms with Gasteiger partial charge in [0.1, 0.15) is 17.9 Å². The molecule has 0 saturated heterocycles. The normalized spacial score (nSPS) is 14.7. The van der Waals surface area contributed by atoms with E-state index in [0.29, 0.717) is 27.9 Å². The summed E-state index contributed by atoms with van der Waals surface area (Å²) in [5.74, 6) is 1.92. The molecule has 2 heterocycles. The lowest BCUT2D eigenvalue weighted by molar-refractivity contribution is 0.174. The van der Waals surface area contributed by atoms with Crippen LogP contribution >= 0.6 is 11.6 Å². The lowest BCUT2D eigenvalue weighted by Crippen LogP contribution is -2.07. The third-order valence-corrected chi connectivity index (χ3v) is 5.23. The molecule has 26 heavy (non-hydrogen) atoms. The summed E-state index contributed by atoms with van der Waals surface area (Å²) in [6, 6.07) is 9.15. The summed E-state index contributed by atoms with van der Waals surface area (Å²) < 4.78 is 22.0. The lowest BCUT2D eigenvalue weighted by atomic mass is 10.1. The van der Waals surface area contributed by atoms with Gasteiger partial charge in [0.25, 0.3) is 0 Å². The van der Waals surface area contributed by atoms with E-state index in [-0.39, 0.29) is 19.0 Å². The third kappa shape index (κ3) is 2.51. The van der Waals surface area contributed by atoms with Crippen molar-refractivity contribution in [1.82, 2.24) is 0 Å². The van der Waals surface area contributed by atoms with Gasteiger partial charge in [-0.3, -0.25) is 0 Å². The highest BCUT2D eigenvalue weighted by Gasteiger charge is 2.20. The molecular formula is C20H15ClO5. The van der Waals surface area contributed by atoms with Gasteiger partial charge in [-0.25, -0.2) is 4.79 Å². The van der Waals surface area contributed by atoms with Crippen LogP contribution in [0, 0.1) is 0 Å². The molecule has 6 heteroatoms. The van der Waals surface area contributed by atoms with Crippen LogP contribution in [0.3, 0.4) is 0 Å². The summed E-state index contributed by atoms with van der Waals surface area (Å²) in [5.41, 5.74) is 3.05. The zero-order valence-corrected chi connectivity index (χ0v) is 14.6. The minimum absolute atomic E-state index is 0.198. The molecule has 0 unspecified atom stereocenters. The molecule has 1 aliphatic heterocycles. The van der Waals surface area contributed by atoms with Crippen LogP contribution in [0.15, 0.2) is 39.5 Å². The number of hydrogen-bond donors (Lipinski definition) is 0. The van der Waals surface area contributed by atoms with Crippen LogP contribution in [0.4, 0.5) is 0 Å². The fourth-order valence-electron chi connectivity index (χ4n) is 3.58. The van der Waals surface area contributed by atoms with Crippen molar-refractivity contribution in [3.8, 4) is 17.2 Å². The van der Waals surface area contributed by atoms with E-state index in [4.69, 9.17) is 30.2 Å². The first kappa shape index (κ1) is 15.6. The molecule has 0 spiro atoms. The smallest absolute Gasteiger partial charge is 0.339 e. The summed E-state index contributed by atoms with van der Waals surface area (Å²) in [7, 11) is 0. The number of hydrogen-bond acceptors (Lipinski definition) is 5. The van der Waals surface area contributed by atoms with Crippen LogP contribution in [0.1, 0.15) is 23.1 Å². The zero-order chi connectivity index (χ0) is 17.7. The highest BCUT2D eigenvalue weighted by atomic mass is 35.5. The molecule has 0 saturated carbocycles. The Bertz CT molecular complexity index is 1090. The summed E-state index contributed by atoms with van der Waals surface area (Å²) in [6.45, 7) is 0.472. The Kier molecular flexibility index (Phi) is 3.57. The van der Waals surface area contributed by atoms with E-state index in [9.17, 15) is 4.79 Å². The van der Waals surface area contributed by atoms with Crippen LogP contribution in [0.5, 0.6) is 17.2 Å². The average Bonchev–Trinajstić information content (AvgIpc) is 3.29. The molecule has 2 aromatic carbocycles. The molecule has 132 valence electrons. The Morgan fingerprint density at radius 3 is 2.73 bits per heavy atom. The first-order chi connectivity index (χ1) is 12.7. The van der Waals surface area contributed by atoms with Crippen LogP contribution in [-0.4, -0.2) is 6.79 Å². The maximum atomic E-state index is 12.1. The summed E-state index contributed by atoms with van der Waals surface area (Å²) in [5, 5.41) is 1.55. The second-order valence-corrected chi connectivity index (χ2v) is 6.85. The van der Waals surface area contributed by atoms with Crippen LogP contribution in [-0.2, 0) is 19.4 Å². The Hall–Kier alpha value is -2.66. The van der Waals surface area contributed by atoms with Gasteiger partial charge in [-0.2, -0.15) is 0 Å². The predicted molar refractivity (Wildman–Crippen MR) is 96.4 cm³/mol.